The number of nitrogens with two attached hydrogens (primary N) is 1. The molecule has 1 atom stereocenters. The molecule has 102 valence electrons. The lowest BCUT2D eigenvalue weighted by Crippen LogP contribution is -2.29. The Morgan fingerprint density at radius 2 is 2.06 bits per heavy atom. The predicted molar refractivity (Wildman–Crippen MR) is 67.4 cm³/mol. The molecule has 0 aliphatic heterocycles. The van der Waals surface area contributed by atoms with Gasteiger partial charge in [-0.1, -0.05) is 23.8 Å². The number of ether oxygens (including phenoxy) is 1. The Labute approximate surface area is 106 Å². The number of hydrogen-bond acceptors (Lipinski definition) is 3. The molecule has 0 aliphatic rings. The van der Waals surface area contributed by atoms with E-state index < -0.39 is 13.0 Å². The first-order valence-corrected chi connectivity index (χ1v) is 5.93. The number of aryl methyl sites for hydroxylation is 2. The van der Waals surface area contributed by atoms with E-state index in [2.05, 4.69) is 11.5 Å². The highest BCUT2D eigenvalue weighted by Gasteiger charge is 2.12. The molecule has 1 rings (SSSR count). The summed E-state index contributed by atoms with van der Waals surface area (Å²) in [4.78, 5) is 0. The standard InChI is InChI=1S/C13H20F2N2O/c1-9-3-4-11(10(2)7-9)12(17-16)5-6-18-8-13(14)15/h3-4,7,12-13,17H,5-6,8,16H2,1-2H3. The average Bonchev–Trinajstić information content (AvgIpc) is 2.30. The molecule has 0 aromatic heterocycles. The van der Waals surface area contributed by atoms with E-state index in [4.69, 9.17) is 10.6 Å². The number of halogens is 2. The Morgan fingerprint density at radius 1 is 1.33 bits per heavy atom. The lowest BCUT2D eigenvalue weighted by atomic mass is 9.98. The zero-order chi connectivity index (χ0) is 13.5. The number of rotatable bonds is 7. The van der Waals surface area contributed by atoms with Crippen molar-refractivity contribution in [3.05, 3.63) is 34.9 Å². The van der Waals surface area contributed by atoms with E-state index in [0.717, 1.165) is 11.1 Å². The van der Waals surface area contributed by atoms with Gasteiger partial charge in [0.25, 0.3) is 6.43 Å². The van der Waals surface area contributed by atoms with Gasteiger partial charge in [0.05, 0.1) is 0 Å². The van der Waals surface area contributed by atoms with E-state index in [0.29, 0.717) is 6.42 Å². The smallest absolute Gasteiger partial charge is 0.261 e. The Kier molecular flexibility index (Phi) is 6.18. The van der Waals surface area contributed by atoms with Gasteiger partial charge in [0.15, 0.2) is 0 Å². The number of nitrogens with one attached hydrogen (secondary N) is 1. The Hall–Kier alpha value is -1.04. The number of hydrogen-bond donors (Lipinski definition) is 2. The van der Waals surface area contributed by atoms with Crippen LogP contribution in [0.15, 0.2) is 18.2 Å². The molecule has 0 radical (unpaired) electrons. The molecule has 1 unspecified atom stereocenters. The molecule has 1 aromatic carbocycles. The molecule has 0 saturated carbocycles. The SMILES string of the molecule is Cc1ccc(C(CCOCC(F)F)NN)c(C)c1. The topological polar surface area (TPSA) is 47.3 Å². The second kappa shape index (κ2) is 7.41. The molecule has 3 nitrogen and oxygen atoms in total. The zero-order valence-electron chi connectivity index (χ0n) is 10.7. The van der Waals surface area contributed by atoms with Crippen LogP contribution in [-0.4, -0.2) is 19.6 Å². The van der Waals surface area contributed by atoms with Crippen molar-refractivity contribution < 1.29 is 13.5 Å². The van der Waals surface area contributed by atoms with Crippen LogP contribution in [-0.2, 0) is 4.74 Å². The third kappa shape index (κ3) is 4.68. The van der Waals surface area contributed by atoms with Crippen LogP contribution in [0.25, 0.3) is 0 Å². The van der Waals surface area contributed by atoms with Crippen molar-refractivity contribution >= 4 is 0 Å². The third-order valence-electron chi connectivity index (χ3n) is 2.80. The van der Waals surface area contributed by atoms with Crippen molar-refractivity contribution in [2.45, 2.75) is 32.7 Å². The summed E-state index contributed by atoms with van der Waals surface area (Å²) in [6.45, 7) is 3.76. The molecular formula is C13H20F2N2O. The van der Waals surface area contributed by atoms with E-state index >= 15 is 0 Å². The second-order valence-electron chi connectivity index (χ2n) is 4.33. The van der Waals surface area contributed by atoms with E-state index in [9.17, 15) is 8.78 Å². The van der Waals surface area contributed by atoms with Gasteiger partial charge < -0.3 is 4.74 Å². The lowest BCUT2D eigenvalue weighted by molar-refractivity contribution is 0.0143. The van der Waals surface area contributed by atoms with Crippen LogP contribution < -0.4 is 11.3 Å². The second-order valence-corrected chi connectivity index (χ2v) is 4.33. The minimum absolute atomic E-state index is 0.0803. The molecule has 18 heavy (non-hydrogen) atoms. The first-order valence-electron chi connectivity index (χ1n) is 5.93. The number of benzene rings is 1. The molecule has 0 spiro atoms. The van der Waals surface area contributed by atoms with Gasteiger partial charge in [-0.3, -0.25) is 11.3 Å². The normalized spacial score (nSPS) is 13.0. The number of hydrazine groups is 1. The van der Waals surface area contributed by atoms with Crippen molar-refractivity contribution in [1.29, 1.82) is 0 Å². The summed E-state index contributed by atoms with van der Waals surface area (Å²) >= 11 is 0. The lowest BCUT2D eigenvalue weighted by Gasteiger charge is -2.19. The van der Waals surface area contributed by atoms with Gasteiger partial charge in [-0.25, -0.2) is 8.78 Å². The Morgan fingerprint density at radius 3 is 2.61 bits per heavy atom. The van der Waals surface area contributed by atoms with Crippen molar-refractivity contribution in [3.8, 4) is 0 Å². The summed E-state index contributed by atoms with van der Waals surface area (Å²) in [6, 6.07) is 6.00. The van der Waals surface area contributed by atoms with E-state index in [1.165, 1.54) is 5.56 Å². The highest BCUT2D eigenvalue weighted by molar-refractivity contribution is 5.32. The molecule has 1 aromatic rings. The van der Waals surface area contributed by atoms with E-state index in [1.54, 1.807) is 0 Å². The molecule has 0 saturated heterocycles. The highest BCUT2D eigenvalue weighted by atomic mass is 19.3. The minimum Gasteiger partial charge on any atom is -0.375 e. The Balaban J connectivity index is 2.54. The van der Waals surface area contributed by atoms with Crippen LogP contribution in [0.4, 0.5) is 8.78 Å². The van der Waals surface area contributed by atoms with Crippen molar-refractivity contribution in [2.24, 2.45) is 5.84 Å². The zero-order valence-corrected chi connectivity index (χ0v) is 10.7. The Bertz CT molecular complexity index is 372. The molecule has 0 heterocycles. The molecule has 3 N–H and O–H groups in total. The van der Waals surface area contributed by atoms with E-state index in [1.807, 2.05) is 26.0 Å². The molecule has 0 amide bonds. The van der Waals surface area contributed by atoms with Crippen LogP contribution in [0, 0.1) is 13.8 Å². The van der Waals surface area contributed by atoms with Crippen LogP contribution >= 0.6 is 0 Å². The molecule has 0 aliphatic carbocycles. The maximum Gasteiger partial charge on any atom is 0.261 e. The minimum atomic E-state index is -2.42. The first kappa shape index (κ1) is 15.0. The highest BCUT2D eigenvalue weighted by Crippen LogP contribution is 2.21. The molecule has 5 heteroatoms. The summed E-state index contributed by atoms with van der Waals surface area (Å²) in [7, 11) is 0. The summed E-state index contributed by atoms with van der Waals surface area (Å²) in [5.74, 6) is 5.50. The van der Waals surface area contributed by atoms with Gasteiger partial charge in [0.2, 0.25) is 0 Å². The maximum absolute atomic E-state index is 11.9. The van der Waals surface area contributed by atoms with Gasteiger partial charge in [-0.05, 0) is 31.4 Å². The fourth-order valence-electron chi connectivity index (χ4n) is 1.92. The summed E-state index contributed by atoms with van der Waals surface area (Å²) in [5, 5.41) is 0. The van der Waals surface area contributed by atoms with Crippen molar-refractivity contribution in [3.63, 3.8) is 0 Å². The van der Waals surface area contributed by atoms with Gasteiger partial charge in [0.1, 0.15) is 6.61 Å². The van der Waals surface area contributed by atoms with Crippen LogP contribution in [0.5, 0.6) is 0 Å². The number of alkyl halides is 2. The first-order chi connectivity index (χ1) is 8.54. The van der Waals surface area contributed by atoms with Crippen LogP contribution in [0.2, 0.25) is 0 Å². The van der Waals surface area contributed by atoms with Gasteiger partial charge >= 0.3 is 0 Å². The average molecular weight is 258 g/mol. The summed E-state index contributed by atoms with van der Waals surface area (Å²) in [6.07, 6.45) is -1.86. The fraction of sp³-hybridized carbons (Fsp3) is 0.538. The predicted octanol–water partition coefficient (Wildman–Crippen LogP) is 2.48. The van der Waals surface area contributed by atoms with Gasteiger partial charge in [-0.15, -0.1) is 0 Å². The largest absolute Gasteiger partial charge is 0.375 e. The van der Waals surface area contributed by atoms with E-state index in [-0.39, 0.29) is 12.6 Å². The summed E-state index contributed by atoms with van der Waals surface area (Å²) < 4.78 is 28.7. The van der Waals surface area contributed by atoms with Crippen molar-refractivity contribution in [2.75, 3.05) is 13.2 Å². The van der Waals surface area contributed by atoms with Crippen LogP contribution in [0.3, 0.4) is 0 Å². The third-order valence-corrected chi connectivity index (χ3v) is 2.80. The molecule has 0 fully saturated rings. The van der Waals surface area contributed by atoms with Crippen LogP contribution in [0.1, 0.15) is 29.2 Å². The van der Waals surface area contributed by atoms with Gasteiger partial charge in [-0.2, -0.15) is 0 Å². The fourth-order valence-corrected chi connectivity index (χ4v) is 1.92. The van der Waals surface area contributed by atoms with Crippen molar-refractivity contribution in [1.82, 2.24) is 5.43 Å². The maximum atomic E-state index is 11.9. The van der Waals surface area contributed by atoms with Gasteiger partial charge in [0, 0.05) is 12.6 Å². The molecule has 0 bridgehead atoms. The monoisotopic (exact) mass is 258 g/mol. The quantitative estimate of drug-likeness (QED) is 0.449. The molecular weight excluding hydrogens is 238 g/mol. The summed E-state index contributed by atoms with van der Waals surface area (Å²) in [5.41, 5.74) is 6.08.